The highest BCUT2D eigenvalue weighted by Gasteiger charge is 2.37. The third kappa shape index (κ3) is 3.79. The molecule has 0 aliphatic heterocycles. The Hall–Kier alpha value is -0.580. The molecular weight excluding hydrogens is 306 g/mol. The van der Waals surface area contributed by atoms with Crippen LogP contribution in [0.1, 0.15) is 43.7 Å². The van der Waals surface area contributed by atoms with Gasteiger partial charge >= 0.3 is 0 Å². The number of hydrogen-bond donors (Lipinski definition) is 1. The molecule has 0 aromatic heterocycles. The van der Waals surface area contributed by atoms with Gasteiger partial charge in [-0.25, -0.2) is 13.1 Å². The third-order valence-corrected chi connectivity index (χ3v) is 6.71. The lowest BCUT2D eigenvalue weighted by molar-refractivity contribution is 0.247. The zero-order valence-electron chi connectivity index (χ0n) is 12.9. The maximum atomic E-state index is 12.7. The fourth-order valence-electron chi connectivity index (χ4n) is 3.02. The molecule has 0 heterocycles. The van der Waals surface area contributed by atoms with Gasteiger partial charge in [0.1, 0.15) is 0 Å². The number of halogens is 1. The Kier molecular flexibility index (Phi) is 5.01. The lowest BCUT2D eigenvalue weighted by atomic mass is 9.79. The minimum atomic E-state index is -3.53. The Balaban J connectivity index is 2.27. The molecule has 1 aromatic rings. The van der Waals surface area contributed by atoms with E-state index in [-0.39, 0.29) is 0 Å². The first-order valence-electron chi connectivity index (χ1n) is 7.45. The lowest BCUT2D eigenvalue weighted by Crippen LogP contribution is -2.52. The molecule has 0 unspecified atom stereocenters. The zero-order chi connectivity index (χ0) is 15.7. The molecule has 21 heavy (non-hydrogen) atoms. The Morgan fingerprint density at radius 1 is 1.29 bits per heavy atom. The second kappa shape index (κ2) is 6.27. The van der Waals surface area contributed by atoms with E-state index in [2.05, 4.69) is 11.6 Å². The molecule has 0 spiro atoms. The largest absolute Gasteiger partial charge is 0.241 e. The Bertz CT molecular complexity index is 605. The molecule has 0 saturated heterocycles. The van der Waals surface area contributed by atoms with Crippen molar-refractivity contribution in [1.82, 2.24) is 4.72 Å². The van der Waals surface area contributed by atoms with Crippen molar-refractivity contribution < 1.29 is 8.42 Å². The topological polar surface area (TPSA) is 46.2 Å². The summed E-state index contributed by atoms with van der Waals surface area (Å²) >= 11 is 6.12. The second-order valence-corrected chi connectivity index (χ2v) is 8.39. The van der Waals surface area contributed by atoms with E-state index in [1.54, 1.807) is 6.07 Å². The summed E-state index contributed by atoms with van der Waals surface area (Å²) in [5.41, 5.74) is 1.34. The van der Waals surface area contributed by atoms with Gasteiger partial charge in [-0.1, -0.05) is 24.6 Å². The molecule has 118 valence electrons. The summed E-state index contributed by atoms with van der Waals surface area (Å²) in [6.45, 7) is 5.99. The van der Waals surface area contributed by atoms with Gasteiger partial charge < -0.3 is 0 Å². The van der Waals surface area contributed by atoms with Crippen LogP contribution < -0.4 is 4.72 Å². The number of benzene rings is 1. The van der Waals surface area contributed by atoms with Crippen molar-refractivity contribution in [3.8, 4) is 0 Å². The van der Waals surface area contributed by atoms with Crippen molar-refractivity contribution in [1.29, 1.82) is 0 Å². The summed E-state index contributed by atoms with van der Waals surface area (Å²) in [6, 6.07) is 5.41. The van der Waals surface area contributed by atoms with Crippen LogP contribution in [0.4, 0.5) is 0 Å². The zero-order valence-corrected chi connectivity index (χ0v) is 14.5. The molecule has 1 aliphatic carbocycles. The summed E-state index contributed by atoms with van der Waals surface area (Å²) in [6.07, 6.45) is 3.65. The van der Waals surface area contributed by atoms with E-state index in [9.17, 15) is 8.42 Å². The van der Waals surface area contributed by atoms with E-state index in [1.165, 1.54) is 0 Å². The fourth-order valence-corrected chi connectivity index (χ4v) is 5.12. The molecule has 2 rings (SSSR count). The minimum absolute atomic E-state index is 0.323. The predicted octanol–water partition coefficient (Wildman–Crippen LogP) is 3.77. The van der Waals surface area contributed by atoms with Gasteiger partial charge in [-0.3, -0.25) is 0 Å². The van der Waals surface area contributed by atoms with E-state index in [4.69, 9.17) is 11.6 Å². The first-order chi connectivity index (χ1) is 9.78. The molecule has 0 bridgehead atoms. The summed E-state index contributed by atoms with van der Waals surface area (Å²) in [5.74, 6) is 0.969. The lowest BCUT2D eigenvalue weighted by Gasteiger charge is -2.38. The number of sulfonamides is 1. The summed E-state index contributed by atoms with van der Waals surface area (Å²) < 4.78 is 28.3. The highest BCUT2D eigenvalue weighted by atomic mass is 35.5. The number of rotatable bonds is 4. The summed E-state index contributed by atoms with van der Waals surface area (Å²) in [4.78, 5) is 0.358. The molecule has 0 atom stereocenters. The van der Waals surface area contributed by atoms with Gasteiger partial charge in [0.25, 0.3) is 0 Å². The van der Waals surface area contributed by atoms with E-state index in [0.29, 0.717) is 16.7 Å². The number of nitrogens with one attached hydrogen (secondary N) is 1. The standard InChI is InChI=1S/C16H24ClNO2S/c1-12-6-8-16(11-17,9-7-12)18-21(19,20)15-5-4-13(2)10-14(15)3/h4-5,10,12,18H,6-9,11H2,1-3H3. The molecule has 1 fully saturated rings. The Labute approximate surface area is 133 Å². The highest BCUT2D eigenvalue weighted by molar-refractivity contribution is 7.89. The summed E-state index contributed by atoms with van der Waals surface area (Å²) in [7, 11) is -3.53. The van der Waals surface area contributed by atoms with Gasteiger partial charge in [-0.2, -0.15) is 0 Å². The first-order valence-corrected chi connectivity index (χ1v) is 9.47. The van der Waals surface area contributed by atoms with Gasteiger partial charge in [0.05, 0.1) is 4.90 Å². The van der Waals surface area contributed by atoms with Crippen LogP contribution in [0.5, 0.6) is 0 Å². The predicted molar refractivity (Wildman–Crippen MR) is 87.3 cm³/mol. The number of alkyl halides is 1. The van der Waals surface area contributed by atoms with Gasteiger partial charge in [-0.05, 0) is 57.1 Å². The smallest absolute Gasteiger partial charge is 0.207 e. The highest BCUT2D eigenvalue weighted by Crippen LogP contribution is 2.34. The van der Waals surface area contributed by atoms with Gasteiger partial charge in [-0.15, -0.1) is 11.6 Å². The molecule has 0 radical (unpaired) electrons. The van der Waals surface area contributed by atoms with Crippen LogP contribution in [-0.4, -0.2) is 19.8 Å². The Morgan fingerprint density at radius 3 is 2.43 bits per heavy atom. The SMILES string of the molecule is Cc1ccc(S(=O)(=O)NC2(CCl)CCC(C)CC2)c(C)c1. The monoisotopic (exact) mass is 329 g/mol. The van der Waals surface area contributed by atoms with Crippen LogP contribution in [0.3, 0.4) is 0 Å². The van der Waals surface area contributed by atoms with E-state index in [0.717, 1.165) is 36.8 Å². The number of aryl methyl sites for hydroxylation is 2. The van der Waals surface area contributed by atoms with Crippen molar-refractivity contribution in [2.75, 3.05) is 5.88 Å². The van der Waals surface area contributed by atoms with Crippen LogP contribution in [0.25, 0.3) is 0 Å². The first kappa shape index (κ1) is 16.8. The third-order valence-electron chi connectivity index (χ3n) is 4.46. The number of hydrogen-bond acceptors (Lipinski definition) is 2. The molecule has 1 aliphatic rings. The average Bonchev–Trinajstić information content (AvgIpc) is 2.41. The van der Waals surface area contributed by atoms with Crippen molar-refractivity contribution in [3.05, 3.63) is 29.3 Å². The van der Waals surface area contributed by atoms with Crippen molar-refractivity contribution in [2.24, 2.45) is 5.92 Å². The van der Waals surface area contributed by atoms with Crippen molar-refractivity contribution in [3.63, 3.8) is 0 Å². The maximum absolute atomic E-state index is 12.7. The van der Waals surface area contributed by atoms with Crippen LogP contribution >= 0.6 is 11.6 Å². The van der Waals surface area contributed by atoms with Gasteiger partial charge in [0.15, 0.2) is 0 Å². The molecule has 1 aromatic carbocycles. The molecule has 5 heteroatoms. The molecule has 1 saturated carbocycles. The van der Waals surface area contributed by atoms with Gasteiger partial charge in [0.2, 0.25) is 10.0 Å². The maximum Gasteiger partial charge on any atom is 0.241 e. The molecular formula is C16H24ClNO2S. The fraction of sp³-hybridized carbons (Fsp3) is 0.625. The van der Waals surface area contributed by atoms with Crippen LogP contribution in [-0.2, 0) is 10.0 Å². The van der Waals surface area contributed by atoms with Crippen LogP contribution in [0.15, 0.2) is 23.1 Å². The van der Waals surface area contributed by atoms with Crippen LogP contribution in [0, 0.1) is 19.8 Å². The van der Waals surface area contributed by atoms with E-state index >= 15 is 0 Å². The second-order valence-electron chi connectivity index (χ2n) is 6.47. The summed E-state index contributed by atoms with van der Waals surface area (Å²) in [5, 5.41) is 0. The van der Waals surface area contributed by atoms with E-state index < -0.39 is 15.6 Å². The molecule has 1 N–H and O–H groups in total. The minimum Gasteiger partial charge on any atom is -0.207 e. The van der Waals surface area contributed by atoms with Crippen LogP contribution in [0.2, 0.25) is 0 Å². The molecule has 3 nitrogen and oxygen atoms in total. The van der Waals surface area contributed by atoms with E-state index in [1.807, 2.05) is 26.0 Å². The average molecular weight is 330 g/mol. The Morgan fingerprint density at radius 2 is 1.90 bits per heavy atom. The molecule has 0 amide bonds. The van der Waals surface area contributed by atoms with Crippen molar-refractivity contribution >= 4 is 21.6 Å². The van der Waals surface area contributed by atoms with Gasteiger partial charge in [0, 0.05) is 11.4 Å². The quantitative estimate of drug-likeness (QED) is 0.855. The normalized spacial score (nSPS) is 26.8. The van der Waals surface area contributed by atoms with Crippen molar-refractivity contribution in [2.45, 2.75) is 56.9 Å².